The minimum absolute atomic E-state index is 0.234. The second kappa shape index (κ2) is 7.75. The minimum atomic E-state index is -0.252. The van der Waals surface area contributed by atoms with Crippen molar-refractivity contribution in [2.24, 2.45) is 0 Å². The molecule has 3 aromatic rings. The van der Waals surface area contributed by atoms with E-state index < -0.39 is 0 Å². The molecule has 1 aromatic heterocycles. The molecule has 0 radical (unpaired) electrons. The molecule has 0 aliphatic carbocycles. The summed E-state index contributed by atoms with van der Waals surface area (Å²) >= 11 is 0. The zero-order valence-corrected chi connectivity index (χ0v) is 14.4. The number of urea groups is 1. The molecule has 1 atom stereocenters. The second-order valence-electron chi connectivity index (χ2n) is 5.79. The van der Waals surface area contributed by atoms with Gasteiger partial charge in [-0.3, -0.25) is 0 Å². The number of fused-ring (bicyclic) bond motifs is 1. The lowest BCUT2D eigenvalue weighted by Gasteiger charge is -2.12. The number of para-hydroxylation sites is 1. The fourth-order valence-corrected chi connectivity index (χ4v) is 2.64. The van der Waals surface area contributed by atoms with Crippen LogP contribution in [0.4, 0.5) is 4.79 Å². The molecule has 0 aliphatic rings. The first kappa shape index (κ1) is 16.9. The summed E-state index contributed by atoms with van der Waals surface area (Å²) in [4.78, 5) is 12.1. The van der Waals surface area contributed by atoms with E-state index in [1.165, 1.54) is 0 Å². The molecule has 0 bridgehead atoms. The van der Waals surface area contributed by atoms with E-state index in [0.29, 0.717) is 30.2 Å². The van der Waals surface area contributed by atoms with Crippen molar-refractivity contribution in [2.45, 2.75) is 26.4 Å². The lowest BCUT2D eigenvalue weighted by atomic mass is 10.2. The summed E-state index contributed by atoms with van der Waals surface area (Å²) in [5.41, 5.74) is 1.76. The van der Waals surface area contributed by atoms with Crippen molar-refractivity contribution in [3.8, 4) is 5.75 Å². The van der Waals surface area contributed by atoms with Gasteiger partial charge in [-0.2, -0.15) is 0 Å². The van der Waals surface area contributed by atoms with E-state index in [4.69, 9.17) is 9.15 Å². The molecule has 0 aliphatic heterocycles. The van der Waals surface area contributed by atoms with Gasteiger partial charge in [0.05, 0.1) is 12.6 Å². The lowest BCUT2D eigenvalue weighted by molar-refractivity contribution is 0.236. The van der Waals surface area contributed by atoms with Crippen LogP contribution in [-0.2, 0) is 6.54 Å². The van der Waals surface area contributed by atoms with Crippen LogP contribution in [-0.4, -0.2) is 12.6 Å². The van der Waals surface area contributed by atoms with Crippen LogP contribution >= 0.6 is 0 Å². The van der Waals surface area contributed by atoms with Gasteiger partial charge in [-0.25, -0.2) is 4.79 Å². The highest BCUT2D eigenvalue weighted by atomic mass is 16.5. The van der Waals surface area contributed by atoms with Crippen LogP contribution < -0.4 is 15.4 Å². The van der Waals surface area contributed by atoms with Gasteiger partial charge in [0, 0.05) is 11.9 Å². The first-order chi connectivity index (χ1) is 12.2. The van der Waals surface area contributed by atoms with Crippen molar-refractivity contribution >= 4 is 17.0 Å². The summed E-state index contributed by atoms with van der Waals surface area (Å²) in [7, 11) is 0. The van der Waals surface area contributed by atoms with E-state index >= 15 is 0 Å². The number of amides is 2. The Morgan fingerprint density at radius 1 is 1.16 bits per heavy atom. The number of rotatable bonds is 6. The zero-order chi connectivity index (χ0) is 17.6. The normalized spacial score (nSPS) is 11.9. The smallest absolute Gasteiger partial charge is 0.315 e. The molecule has 0 fully saturated rings. The van der Waals surface area contributed by atoms with Gasteiger partial charge in [0.25, 0.3) is 0 Å². The Morgan fingerprint density at radius 3 is 2.72 bits per heavy atom. The fraction of sp³-hybridized carbons (Fsp3) is 0.250. The topological polar surface area (TPSA) is 63.5 Å². The Morgan fingerprint density at radius 2 is 1.96 bits per heavy atom. The molecule has 0 saturated carbocycles. The molecule has 130 valence electrons. The highest BCUT2D eigenvalue weighted by Crippen LogP contribution is 2.31. The van der Waals surface area contributed by atoms with Gasteiger partial charge in [-0.15, -0.1) is 0 Å². The summed E-state index contributed by atoms with van der Waals surface area (Å²) < 4.78 is 11.5. The van der Waals surface area contributed by atoms with Gasteiger partial charge in [0.2, 0.25) is 0 Å². The number of nitrogens with one attached hydrogen (secondary N) is 2. The number of hydrogen-bond acceptors (Lipinski definition) is 3. The van der Waals surface area contributed by atoms with E-state index in [9.17, 15) is 4.79 Å². The van der Waals surface area contributed by atoms with E-state index in [0.717, 1.165) is 10.9 Å². The summed E-state index contributed by atoms with van der Waals surface area (Å²) in [6, 6.07) is 17.0. The molecule has 0 spiro atoms. The molecule has 5 heteroatoms. The van der Waals surface area contributed by atoms with Crippen molar-refractivity contribution in [3.05, 3.63) is 65.9 Å². The number of carbonyl (C=O) groups is 1. The Kier molecular flexibility index (Phi) is 5.23. The largest absolute Gasteiger partial charge is 0.490 e. The van der Waals surface area contributed by atoms with Crippen molar-refractivity contribution in [2.75, 3.05) is 6.61 Å². The van der Waals surface area contributed by atoms with Gasteiger partial charge >= 0.3 is 6.03 Å². The van der Waals surface area contributed by atoms with Gasteiger partial charge in [-0.1, -0.05) is 42.5 Å². The molecule has 1 unspecified atom stereocenters. The van der Waals surface area contributed by atoms with Gasteiger partial charge < -0.3 is 19.8 Å². The zero-order valence-electron chi connectivity index (χ0n) is 14.4. The van der Waals surface area contributed by atoms with Gasteiger partial charge in [0.15, 0.2) is 11.3 Å². The number of ether oxygens (including phenoxy) is 1. The van der Waals surface area contributed by atoms with Crippen LogP contribution in [0.1, 0.15) is 31.2 Å². The van der Waals surface area contributed by atoms with Crippen LogP contribution in [0.3, 0.4) is 0 Å². The van der Waals surface area contributed by atoms with Crippen molar-refractivity contribution in [1.82, 2.24) is 10.6 Å². The maximum atomic E-state index is 12.1. The predicted octanol–water partition coefficient (Wildman–Crippen LogP) is 4.39. The molecule has 3 rings (SSSR count). The van der Waals surface area contributed by atoms with Crippen molar-refractivity contribution in [3.63, 3.8) is 0 Å². The lowest BCUT2D eigenvalue weighted by Crippen LogP contribution is -2.36. The van der Waals surface area contributed by atoms with Crippen LogP contribution in [0, 0.1) is 0 Å². The highest BCUT2D eigenvalue weighted by molar-refractivity contribution is 5.84. The summed E-state index contributed by atoms with van der Waals surface area (Å²) in [5, 5.41) is 6.70. The SMILES string of the molecule is CCOc1cccc2cc(C(C)NC(=O)NCc3ccccc3)oc12. The molecule has 25 heavy (non-hydrogen) atoms. The van der Waals surface area contributed by atoms with E-state index in [-0.39, 0.29) is 12.1 Å². The average Bonchev–Trinajstić information content (AvgIpc) is 3.07. The average molecular weight is 338 g/mol. The summed E-state index contributed by atoms with van der Waals surface area (Å²) in [5.74, 6) is 1.41. The van der Waals surface area contributed by atoms with Crippen molar-refractivity contribution in [1.29, 1.82) is 0 Å². The van der Waals surface area contributed by atoms with Crippen LogP contribution in [0.25, 0.3) is 11.0 Å². The molecule has 2 N–H and O–H groups in total. The number of benzene rings is 2. The molecular formula is C20H22N2O3. The quantitative estimate of drug-likeness (QED) is 0.700. The summed E-state index contributed by atoms with van der Waals surface area (Å²) in [6.45, 7) is 4.88. The third-order valence-corrected chi connectivity index (χ3v) is 3.90. The Hall–Kier alpha value is -2.95. The standard InChI is InChI=1S/C20H22N2O3/c1-3-24-17-11-7-10-16-12-18(25-19(16)17)14(2)22-20(23)21-13-15-8-5-4-6-9-15/h4-12,14H,3,13H2,1-2H3,(H2,21,22,23). The highest BCUT2D eigenvalue weighted by Gasteiger charge is 2.16. The predicted molar refractivity (Wildman–Crippen MR) is 97.6 cm³/mol. The first-order valence-corrected chi connectivity index (χ1v) is 8.41. The monoisotopic (exact) mass is 338 g/mol. The first-order valence-electron chi connectivity index (χ1n) is 8.41. The maximum absolute atomic E-state index is 12.1. The minimum Gasteiger partial charge on any atom is -0.490 e. The number of furan rings is 1. The maximum Gasteiger partial charge on any atom is 0.315 e. The molecular weight excluding hydrogens is 316 g/mol. The molecule has 5 nitrogen and oxygen atoms in total. The fourth-order valence-electron chi connectivity index (χ4n) is 2.64. The van der Waals surface area contributed by atoms with E-state index in [1.54, 1.807) is 0 Å². The summed E-state index contributed by atoms with van der Waals surface area (Å²) in [6.07, 6.45) is 0. The Bertz CT molecular complexity index is 843. The second-order valence-corrected chi connectivity index (χ2v) is 5.79. The molecule has 2 aromatic carbocycles. The third kappa shape index (κ3) is 4.12. The van der Waals surface area contributed by atoms with Crippen molar-refractivity contribution < 1.29 is 13.9 Å². The Balaban J connectivity index is 1.64. The number of hydrogen-bond donors (Lipinski definition) is 2. The third-order valence-electron chi connectivity index (χ3n) is 3.90. The number of carbonyl (C=O) groups excluding carboxylic acids is 1. The van der Waals surface area contributed by atoms with Crippen LogP contribution in [0.2, 0.25) is 0 Å². The molecule has 0 saturated heterocycles. The van der Waals surface area contributed by atoms with Gasteiger partial charge in [0.1, 0.15) is 5.76 Å². The van der Waals surface area contributed by atoms with E-state index in [1.807, 2.05) is 68.4 Å². The molecule has 1 heterocycles. The van der Waals surface area contributed by atoms with Crippen LogP contribution in [0.15, 0.2) is 59.0 Å². The molecule has 2 amide bonds. The van der Waals surface area contributed by atoms with E-state index in [2.05, 4.69) is 10.6 Å². The Labute approximate surface area is 147 Å². The van der Waals surface area contributed by atoms with Crippen LogP contribution in [0.5, 0.6) is 5.75 Å². The van der Waals surface area contributed by atoms with Gasteiger partial charge in [-0.05, 0) is 31.5 Å².